The molecular weight excluding hydrogens is 571 g/mol. The maximum atomic E-state index is 13.4. The molecule has 2 aromatic heterocycles. The van der Waals surface area contributed by atoms with Gasteiger partial charge < -0.3 is 34.8 Å². The molecule has 6 rings (SSSR count). The number of aliphatic hydroxyl groups is 1. The van der Waals surface area contributed by atoms with Crippen LogP contribution in [0.3, 0.4) is 0 Å². The number of imidazole rings is 1. The van der Waals surface area contributed by atoms with Crippen molar-refractivity contribution in [2.75, 3.05) is 45.7 Å². The Hall–Kier alpha value is -4.75. The van der Waals surface area contributed by atoms with Crippen molar-refractivity contribution in [3.63, 3.8) is 0 Å². The minimum Gasteiger partial charge on any atom is -0.493 e. The van der Waals surface area contributed by atoms with Crippen LogP contribution in [0.4, 0.5) is 10.1 Å². The van der Waals surface area contributed by atoms with Gasteiger partial charge in [-0.3, -0.25) is 19.3 Å². The second-order valence-corrected chi connectivity index (χ2v) is 10.8. The van der Waals surface area contributed by atoms with Gasteiger partial charge in [0.2, 0.25) is 0 Å². The Kier molecular flexibility index (Phi) is 8.70. The molecule has 0 bridgehead atoms. The number of likely N-dealkylation sites (tertiary alicyclic amines) is 1. The van der Waals surface area contributed by atoms with E-state index in [0.717, 1.165) is 25.9 Å². The molecule has 1 fully saturated rings. The Bertz CT molecular complexity index is 1710. The largest absolute Gasteiger partial charge is 0.493 e. The number of hydrogen-bond acceptors (Lipinski definition) is 9. The summed E-state index contributed by atoms with van der Waals surface area (Å²) in [5, 5.41) is 13.6. The third kappa shape index (κ3) is 5.75. The van der Waals surface area contributed by atoms with Gasteiger partial charge in [0.15, 0.2) is 11.5 Å². The number of pyridine rings is 1. The van der Waals surface area contributed by atoms with Crippen molar-refractivity contribution in [1.82, 2.24) is 24.8 Å². The van der Waals surface area contributed by atoms with Gasteiger partial charge >= 0.3 is 0 Å². The number of piperidine rings is 1. The molecule has 4 heterocycles. The van der Waals surface area contributed by atoms with Gasteiger partial charge in [-0.25, -0.2) is 9.37 Å². The second-order valence-electron chi connectivity index (χ2n) is 10.8. The number of aliphatic hydroxyl groups excluding tert-OH is 1. The van der Waals surface area contributed by atoms with Crippen molar-refractivity contribution in [1.29, 1.82) is 0 Å². The number of nitrogens with zero attached hydrogens (tertiary/aromatic N) is 3. The molecule has 4 N–H and O–H groups in total. The Labute approximate surface area is 252 Å². The average Bonchev–Trinajstić information content (AvgIpc) is 3.51. The molecule has 4 aromatic rings. The smallest absolute Gasteiger partial charge is 0.261 e. The first-order chi connectivity index (χ1) is 20.7. The number of amides is 2. The van der Waals surface area contributed by atoms with Crippen molar-refractivity contribution < 1.29 is 28.6 Å². The molecule has 0 spiro atoms. The van der Waals surface area contributed by atoms with E-state index in [4.69, 9.17) is 9.47 Å². The van der Waals surface area contributed by atoms with Gasteiger partial charge in [0.25, 0.3) is 17.4 Å². The van der Waals surface area contributed by atoms with E-state index in [1.807, 2.05) is 7.05 Å². The van der Waals surface area contributed by atoms with Crippen LogP contribution in [0, 0.1) is 5.82 Å². The lowest BCUT2D eigenvalue weighted by atomic mass is 10.0. The third-order valence-electron chi connectivity index (χ3n) is 7.86. The van der Waals surface area contributed by atoms with Crippen LogP contribution in [0.15, 0.2) is 47.4 Å². The molecule has 2 amide bonds. The topological polar surface area (TPSA) is 153 Å². The highest BCUT2D eigenvalue weighted by Gasteiger charge is 2.41. The molecule has 1 atom stereocenters. The molecular formula is C31H35FN6O6. The molecule has 2 aromatic carbocycles. The highest BCUT2D eigenvalue weighted by atomic mass is 19.1. The lowest BCUT2D eigenvalue weighted by Gasteiger charge is -2.33. The number of fused-ring (bicyclic) bond motifs is 2. The zero-order valence-electron chi connectivity index (χ0n) is 23.6. The fourth-order valence-corrected chi connectivity index (χ4v) is 5.56. The van der Waals surface area contributed by atoms with Gasteiger partial charge in [-0.2, -0.15) is 0 Å². The zero-order chi connectivity index (χ0) is 30.2. The van der Waals surface area contributed by atoms with Gasteiger partial charge in [-0.15, -0.1) is 0 Å². The molecule has 44 heavy (non-hydrogen) atoms. The summed E-state index contributed by atoms with van der Waals surface area (Å²) < 4.78 is 24.1. The van der Waals surface area contributed by atoms with Gasteiger partial charge in [0, 0.05) is 24.8 Å². The molecule has 12 nitrogen and oxygen atoms in total. The summed E-state index contributed by atoms with van der Waals surface area (Å²) in [6.07, 6.45) is 1.93. The minimum absolute atomic E-state index is 0. The van der Waals surface area contributed by atoms with Crippen molar-refractivity contribution in [2.24, 2.45) is 0 Å². The fraction of sp³-hybridized carbons (Fsp3) is 0.355. The summed E-state index contributed by atoms with van der Waals surface area (Å²) in [6, 6.07) is 8.52. The molecule has 2 aliphatic heterocycles. The SMILES string of the molecule is C.COc1cc(F)ccc1OC[C@@H](O)CNc1cc[nH]c(=O)c1-c1nc2cc3c(cc2[nH]1)C(=O)N(C1CCN(C)CC1)C3=O. The molecule has 0 aliphatic carbocycles. The normalized spacial score (nSPS) is 16.1. The fourth-order valence-electron chi connectivity index (χ4n) is 5.56. The van der Waals surface area contributed by atoms with E-state index >= 15 is 0 Å². The maximum Gasteiger partial charge on any atom is 0.261 e. The zero-order valence-corrected chi connectivity index (χ0v) is 23.6. The van der Waals surface area contributed by atoms with Gasteiger partial charge in [-0.05, 0) is 63.3 Å². The number of nitrogens with one attached hydrogen (secondary N) is 3. The van der Waals surface area contributed by atoms with E-state index in [1.54, 1.807) is 18.2 Å². The van der Waals surface area contributed by atoms with Crippen LogP contribution >= 0.6 is 0 Å². The van der Waals surface area contributed by atoms with E-state index in [1.165, 1.54) is 36.4 Å². The first-order valence-electron chi connectivity index (χ1n) is 13.9. The molecule has 0 saturated carbocycles. The van der Waals surface area contributed by atoms with E-state index in [0.29, 0.717) is 27.8 Å². The summed E-state index contributed by atoms with van der Waals surface area (Å²) >= 11 is 0. The molecule has 2 aliphatic rings. The van der Waals surface area contributed by atoms with Crippen molar-refractivity contribution in [3.05, 3.63) is 69.9 Å². The third-order valence-corrected chi connectivity index (χ3v) is 7.86. The second kappa shape index (κ2) is 12.5. The van der Waals surface area contributed by atoms with Crippen LogP contribution in [0.2, 0.25) is 0 Å². The number of aromatic amines is 2. The van der Waals surface area contributed by atoms with Gasteiger partial charge in [-0.1, -0.05) is 7.43 Å². The van der Waals surface area contributed by atoms with Crippen molar-refractivity contribution in [3.8, 4) is 22.9 Å². The Balaban J connectivity index is 0.00000384. The predicted octanol–water partition coefficient (Wildman–Crippen LogP) is 3.24. The van der Waals surface area contributed by atoms with Gasteiger partial charge in [0.1, 0.15) is 29.9 Å². The molecule has 0 radical (unpaired) electrons. The minimum atomic E-state index is -0.995. The van der Waals surface area contributed by atoms with Crippen LogP contribution in [-0.2, 0) is 0 Å². The first-order valence-corrected chi connectivity index (χ1v) is 13.9. The number of hydrogen-bond donors (Lipinski definition) is 4. The summed E-state index contributed by atoms with van der Waals surface area (Å²) in [6.45, 7) is 1.53. The van der Waals surface area contributed by atoms with Crippen molar-refractivity contribution in [2.45, 2.75) is 32.4 Å². The number of anilines is 1. The number of imide groups is 1. The molecule has 1 saturated heterocycles. The Morgan fingerprint density at radius 3 is 2.55 bits per heavy atom. The van der Waals surface area contributed by atoms with E-state index < -0.39 is 17.5 Å². The number of benzene rings is 2. The number of H-pyrrole nitrogens is 2. The number of carbonyl (C=O) groups is 2. The lowest BCUT2D eigenvalue weighted by Crippen LogP contribution is -2.46. The van der Waals surface area contributed by atoms with E-state index in [-0.39, 0.29) is 61.3 Å². The Morgan fingerprint density at radius 2 is 1.82 bits per heavy atom. The van der Waals surface area contributed by atoms with Crippen LogP contribution in [-0.4, -0.2) is 94.2 Å². The number of methoxy groups -OCH3 is 1. The number of rotatable bonds is 9. The summed E-state index contributed by atoms with van der Waals surface area (Å²) in [4.78, 5) is 53.4. The molecule has 0 unspecified atom stereocenters. The summed E-state index contributed by atoms with van der Waals surface area (Å²) in [7, 11) is 3.41. The van der Waals surface area contributed by atoms with Crippen LogP contribution in [0.1, 0.15) is 41.0 Å². The molecule has 232 valence electrons. The highest BCUT2D eigenvalue weighted by Crippen LogP contribution is 2.33. The first kappa shape index (κ1) is 30.7. The van der Waals surface area contributed by atoms with Gasteiger partial charge in [0.05, 0.1) is 35.0 Å². The Morgan fingerprint density at radius 1 is 1.09 bits per heavy atom. The summed E-state index contributed by atoms with van der Waals surface area (Å²) in [5.41, 5.74) is 1.72. The maximum absolute atomic E-state index is 13.4. The number of ether oxygens (including phenoxy) is 2. The van der Waals surface area contributed by atoms with Crippen molar-refractivity contribution >= 4 is 28.5 Å². The summed E-state index contributed by atoms with van der Waals surface area (Å²) in [5.74, 6) is -0.406. The number of carbonyl (C=O) groups excluding carboxylic acids is 2. The molecule has 13 heteroatoms. The van der Waals surface area contributed by atoms with E-state index in [9.17, 15) is 23.9 Å². The van der Waals surface area contributed by atoms with E-state index in [2.05, 4.69) is 25.2 Å². The predicted molar refractivity (Wildman–Crippen MR) is 163 cm³/mol. The number of aromatic nitrogens is 3. The van der Waals surface area contributed by atoms with Crippen LogP contribution in [0.25, 0.3) is 22.4 Å². The standard InChI is InChI=1S/C30H31FN6O6.CH4/c1-36-9-6-17(7-10-36)37-29(40)19-12-22-23(13-20(19)30(37)41)35-27(34-22)26-21(5-8-32-28(26)39)33-14-18(38)15-43-24-4-3-16(31)11-25(24)42-2;/h3-5,8,11-13,17-18,38H,6-7,9-10,14-15H2,1-2H3,(H,34,35)(H2,32,33,39);1H4/t18-;/m0./s1. The van der Waals surface area contributed by atoms with Crippen LogP contribution in [0.5, 0.6) is 11.5 Å². The van der Waals surface area contributed by atoms with Crippen LogP contribution < -0.4 is 20.3 Å². The monoisotopic (exact) mass is 606 g/mol. The quantitative estimate of drug-likeness (QED) is 0.210. The lowest BCUT2D eigenvalue weighted by molar-refractivity contribution is 0.0516. The average molecular weight is 607 g/mol. The number of halogens is 1. The highest BCUT2D eigenvalue weighted by molar-refractivity contribution is 6.23.